The molecule has 1 aromatic carbocycles. The van der Waals surface area contributed by atoms with Gasteiger partial charge in [0.25, 0.3) is 0 Å². The van der Waals surface area contributed by atoms with Crippen LogP contribution in [0.4, 0.5) is 0 Å². The highest BCUT2D eigenvalue weighted by Crippen LogP contribution is 2.23. The van der Waals surface area contributed by atoms with E-state index in [0.29, 0.717) is 17.3 Å². The summed E-state index contributed by atoms with van der Waals surface area (Å²) in [5.74, 6) is 0.935. The number of rotatable bonds is 6. The summed E-state index contributed by atoms with van der Waals surface area (Å²) in [6.45, 7) is 0. The minimum atomic E-state index is -3.02. The molecule has 2 heterocycles. The van der Waals surface area contributed by atoms with Gasteiger partial charge in [0.05, 0.1) is 30.1 Å². The van der Waals surface area contributed by atoms with Crippen molar-refractivity contribution in [3.63, 3.8) is 0 Å². The van der Waals surface area contributed by atoms with Crippen molar-refractivity contribution in [2.75, 3.05) is 31.4 Å². The molecule has 1 saturated heterocycles. The van der Waals surface area contributed by atoms with Crippen LogP contribution in [0.1, 0.15) is 6.42 Å². The number of hydrogen-bond donors (Lipinski definition) is 0. The zero-order valence-corrected chi connectivity index (χ0v) is 16.2. The molecule has 0 spiro atoms. The van der Waals surface area contributed by atoms with Gasteiger partial charge in [0.1, 0.15) is 12.1 Å². The summed E-state index contributed by atoms with van der Waals surface area (Å²) in [4.78, 5) is 13.9. The summed E-state index contributed by atoms with van der Waals surface area (Å²) >= 11 is 1.27. The van der Waals surface area contributed by atoms with Gasteiger partial charge in [-0.1, -0.05) is 17.8 Å². The average Bonchev–Trinajstić information content (AvgIpc) is 3.25. The normalized spacial score (nSPS) is 18.6. The molecule has 2 aromatic rings. The first kappa shape index (κ1) is 18.7. The van der Waals surface area contributed by atoms with E-state index in [1.54, 1.807) is 25.1 Å². The molecule has 3 rings (SSSR count). The molecular formula is C16H20N4O4S2. The molecule has 0 bridgehead atoms. The molecule has 0 radical (unpaired) electrons. The van der Waals surface area contributed by atoms with E-state index in [2.05, 4.69) is 10.2 Å². The molecule has 1 aliphatic heterocycles. The van der Waals surface area contributed by atoms with Crippen LogP contribution in [0.2, 0.25) is 0 Å². The van der Waals surface area contributed by atoms with E-state index in [9.17, 15) is 13.2 Å². The Labute approximate surface area is 156 Å². The number of benzene rings is 1. The van der Waals surface area contributed by atoms with Gasteiger partial charge in [-0.25, -0.2) is 8.42 Å². The predicted octanol–water partition coefficient (Wildman–Crippen LogP) is 1.01. The van der Waals surface area contributed by atoms with E-state index in [4.69, 9.17) is 4.74 Å². The molecule has 1 aromatic heterocycles. The van der Waals surface area contributed by atoms with Gasteiger partial charge in [0.15, 0.2) is 15.0 Å². The van der Waals surface area contributed by atoms with Crippen LogP contribution >= 0.6 is 11.8 Å². The van der Waals surface area contributed by atoms with Crippen molar-refractivity contribution in [3.05, 3.63) is 30.6 Å². The van der Waals surface area contributed by atoms with Gasteiger partial charge in [0.2, 0.25) is 5.91 Å². The fourth-order valence-corrected chi connectivity index (χ4v) is 5.40. The Bertz CT molecular complexity index is 897. The summed E-state index contributed by atoms with van der Waals surface area (Å²) in [7, 11) is 0.229. The van der Waals surface area contributed by atoms with E-state index in [-0.39, 0.29) is 29.2 Å². The third kappa shape index (κ3) is 4.18. The smallest absolute Gasteiger partial charge is 0.233 e. The van der Waals surface area contributed by atoms with Gasteiger partial charge in [0, 0.05) is 19.2 Å². The van der Waals surface area contributed by atoms with Crippen molar-refractivity contribution < 1.29 is 17.9 Å². The van der Waals surface area contributed by atoms with Gasteiger partial charge in [-0.05, 0) is 18.6 Å². The maximum absolute atomic E-state index is 12.4. The molecule has 1 amide bonds. The Morgan fingerprint density at radius 1 is 1.46 bits per heavy atom. The van der Waals surface area contributed by atoms with Crippen LogP contribution in [0.25, 0.3) is 5.69 Å². The molecule has 0 N–H and O–H groups in total. The molecule has 10 heteroatoms. The number of hydrogen-bond acceptors (Lipinski definition) is 7. The maximum Gasteiger partial charge on any atom is 0.233 e. The van der Waals surface area contributed by atoms with E-state index in [1.807, 2.05) is 24.3 Å². The molecule has 1 fully saturated rings. The highest BCUT2D eigenvalue weighted by molar-refractivity contribution is 7.99. The summed E-state index contributed by atoms with van der Waals surface area (Å²) < 4.78 is 30.2. The van der Waals surface area contributed by atoms with Gasteiger partial charge >= 0.3 is 0 Å². The van der Waals surface area contributed by atoms with Gasteiger partial charge in [-0.15, -0.1) is 10.2 Å². The SMILES string of the molecule is COc1cccc(-n2cnnc2SCC(=O)N(C)C2CCS(=O)(=O)C2)c1. The zero-order chi connectivity index (χ0) is 18.7. The fourth-order valence-electron chi connectivity index (χ4n) is 2.77. The van der Waals surface area contributed by atoms with E-state index in [0.717, 1.165) is 5.69 Å². The first-order valence-corrected chi connectivity index (χ1v) is 10.8. The number of sulfone groups is 1. The molecule has 8 nitrogen and oxygen atoms in total. The minimum Gasteiger partial charge on any atom is -0.497 e. The van der Waals surface area contributed by atoms with Crippen LogP contribution in [0.15, 0.2) is 35.7 Å². The highest BCUT2D eigenvalue weighted by atomic mass is 32.2. The fraction of sp³-hybridized carbons (Fsp3) is 0.438. The second-order valence-corrected chi connectivity index (χ2v) is 9.21. The molecule has 1 atom stereocenters. The standard InChI is InChI=1S/C16H20N4O4S2/c1-19(13-6-7-26(22,23)10-13)15(21)9-25-16-18-17-11-20(16)12-4-3-5-14(8-12)24-2/h3-5,8,11,13H,6-7,9-10H2,1-2H3. The first-order chi connectivity index (χ1) is 12.4. The van der Waals surface area contributed by atoms with Crippen molar-refractivity contribution in [3.8, 4) is 11.4 Å². The third-order valence-corrected chi connectivity index (χ3v) is 7.00. The van der Waals surface area contributed by atoms with Crippen LogP contribution in [-0.2, 0) is 14.6 Å². The predicted molar refractivity (Wildman–Crippen MR) is 98.5 cm³/mol. The number of aromatic nitrogens is 3. The lowest BCUT2D eigenvalue weighted by atomic mass is 10.2. The number of methoxy groups -OCH3 is 1. The van der Waals surface area contributed by atoms with E-state index >= 15 is 0 Å². The largest absolute Gasteiger partial charge is 0.497 e. The third-order valence-electron chi connectivity index (χ3n) is 4.32. The second kappa shape index (κ2) is 7.67. The molecule has 0 saturated carbocycles. The summed E-state index contributed by atoms with van der Waals surface area (Å²) in [5, 5.41) is 8.57. The Morgan fingerprint density at radius 2 is 2.27 bits per heavy atom. The minimum absolute atomic E-state index is 0.0416. The summed E-state index contributed by atoms with van der Waals surface area (Å²) in [5.41, 5.74) is 0.833. The van der Waals surface area contributed by atoms with Gasteiger partial charge < -0.3 is 9.64 Å². The Kier molecular flexibility index (Phi) is 5.52. The van der Waals surface area contributed by atoms with Gasteiger partial charge in [-0.2, -0.15) is 0 Å². The number of amides is 1. The first-order valence-electron chi connectivity index (χ1n) is 8.03. The lowest BCUT2D eigenvalue weighted by Crippen LogP contribution is -2.38. The Hall–Kier alpha value is -2.07. The topological polar surface area (TPSA) is 94.4 Å². The Balaban J connectivity index is 1.65. The average molecular weight is 396 g/mol. The number of carbonyl (C=O) groups excluding carboxylic acids is 1. The van der Waals surface area contributed by atoms with Crippen molar-refractivity contribution in [1.29, 1.82) is 0 Å². The lowest BCUT2D eigenvalue weighted by molar-refractivity contribution is -0.128. The number of nitrogens with zero attached hydrogens (tertiary/aromatic N) is 4. The number of ether oxygens (including phenoxy) is 1. The van der Waals surface area contributed by atoms with Crippen molar-refractivity contribution in [1.82, 2.24) is 19.7 Å². The van der Waals surface area contributed by atoms with Crippen LogP contribution in [0.5, 0.6) is 5.75 Å². The van der Waals surface area contributed by atoms with Crippen LogP contribution in [0, 0.1) is 0 Å². The lowest BCUT2D eigenvalue weighted by Gasteiger charge is -2.23. The van der Waals surface area contributed by atoms with Gasteiger partial charge in [-0.3, -0.25) is 9.36 Å². The second-order valence-electron chi connectivity index (χ2n) is 6.04. The maximum atomic E-state index is 12.4. The van der Waals surface area contributed by atoms with E-state index in [1.165, 1.54) is 16.7 Å². The van der Waals surface area contributed by atoms with Crippen molar-refractivity contribution >= 4 is 27.5 Å². The van der Waals surface area contributed by atoms with E-state index < -0.39 is 9.84 Å². The van der Waals surface area contributed by atoms with Crippen LogP contribution in [0.3, 0.4) is 0 Å². The molecule has 1 unspecified atom stereocenters. The van der Waals surface area contributed by atoms with Crippen molar-refractivity contribution in [2.45, 2.75) is 17.6 Å². The number of carbonyl (C=O) groups is 1. The Morgan fingerprint density at radius 3 is 2.96 bits per heavy atom. The number of thioether (sulfide) groups is 1. The summed E-state index contributed by atoms with van der Waals surface area (Å²) in [6.07, 6.45) is 2.07. The molecule has 140 valence electrons. The molecule has 26 heavy (non-hydrogen) atoms. The quantitative estimate of drug-likeness (QED) is 0.673. The molecular weight excluding hydrogens is 376 g/mol. The van der Waals surface area contributed by atoms with Crippen LogP contribution in [-0.4, -0.2) is 71.4 Å². The van der Waals surface area contributed by atoms with Crippen molar-refractivity contribution in [2.24, 2.45) is 0 Å². The monoisotopic (exact) mass is 396 g/mol. The molecule has 1 aliphatic rings. The van der Waals surface area contributed by atoms with Crippen LogP contribution < -0.4 is 4.74 Å². The zero-order valence-electron chi connectivity index (χ0n) is 14.5. The molecule has 0 aliphatic carbocycles. The highest BCUT2D eigenvalue weighted by Gasteiger charge is 2.32. The summed E-state index contributed by atoms with van der Waals surface area (Å²) in [6, 6.07) is 7.21.